The van der Waals surface area contributed by atoms with Crippen molar-refractivity contribution < 1.29 is 4.79 Å². The number of fused-ring (bicyclic) bond motifs is 1. The van der Waals surface area contributed by atoms with E-state index >= 15 is 0 Å². The number of hydrogen-bond donors (Lipinski definition) is 1. The molecule has 1 amide bonds. The molecule has 2 aromatic heterocycles. The van der Waals surface area contributed by atoms with Gasteiger partial charge < -0.3 is 4.90 Å². The first-order valence-corrected chi connectivity index (χ1v) is 9.47. The molecule has 6 heteroatoms. The van der Waals surface area contributed by atoms with Gasteiger partial charge >= 0.3 is 0 Å². The molecule has 0 unspecified atom stereocenters. The van der Waals surface area contributed by atoms with Crippen molar-refractivity contribution in [1.29, 1.82) is 0 Å². The fraction of sp³-hybridized carbons (Fsp3) is 0.611. The predicted molar refractivity (Wildman–Crippen MR) is 96.4 cm³/mol. The number of aryl methyl sites for hydroxylation is 2. The molecule has 0 spiro atoms. The van der Waals surface area contributed by atoms with Gasteiger partial charge in [-0.05, 0) is 33.1 Å². The number of nitrogens with one attached hydrogen (secondary N) is 1. The Hall–Kier alpha value is -1.69. The van der Waals surface area contributed by atoms with E-state index in [0.29, 0.717) is 5.92 Å². The van der Waals surface area contributed by atoms with Crippen molar-refractivity contribution in [3.8, 4) is 0 Å². The minimum atomic E-state index is -0.0715. The number of hydrogen-bond acceptors (Lipinski definition) is 4. The van der Waals surface area contributed by atoms with Crippen LogP contribution in [0.25, 0.3) is 0 Å². The Kier molecular flexibility index (Phi) is 4.76. The Morgan fingerprint density at radius 2 is 2.17 bits per heavy atom. The summed E-state index contributed by atoms with van der Waals surface area (Å²) in [5.41, 5.74) is 3.24. The second kappa shape index (κ2) is 6.67. The van der Waals surface area contributed by atoms with Gasteiger partial charge in [0.15, 0.2) is 0 Å². The van der Waals surface area contributed by atoms with Crippen molar-refractivity contribution in [3.05, 3.63) is 33.0 Å². The molecule has 24 heavy (non-hydrogen) atoms. The summed E-state index contributed by atoms with van der Waals surface area (Å²) in [7, 11) is 1.91. The molecule has 1 N–H and O–H groups in total. The number of rotatable bonds is 4. The quantitative estimate of drug-likeness (QED) is 0.912. The van der Waals surface area contributed by atoms with Gasteiger partial charge in [-0.3, -0.25) is 9.89 Å². The number of carbonyl (C=O) groups is 1. The molecular formula is C18H26N4OS. The van der Waals surface area contributed by atoms with Crippen molar-refractivity contribution >= 4 is 17.2 Å². The van der Waals surface area contributed by atoms with Crippen molar-refractivity contribution in [2.24, 2.45) is 0 Å². The molecular weight excluding hydrogens is 320 g/mol. The first kappa shape index (κ1) is 17.1. The van der Waals surface area contributed by atoms with Crippen LogP contribution in [-0.2, 0) is 11.2 Å². The fourth-order valence-electron chi connectivity index (χ4n) is 3.39. The van der Waals surface area contributed by atoms with Gasteiger partial charge in [0.2, 0.25) is 5.91 Å². The Balaban J connectivity index is 1.81. The predicted octanol–water partition coefficient (Wildman–Crippen LogP) is 3.94. The lowest BCUT2D eigenvalue weighted by molar-refractivity contribution is -0.133. The van der Waals surface area contributed by atoms with Gasteiger partial charge in [0, 0.05) is 29.1 Å². The highest BCUT2D eigenvalue weighted by Crippen LogP contribution is 2.36. The summed E-state index contributed by atoms with van der Waals surface area (Å²) in [6.07, 6.45) is 4.75. The molecule has 2 aromatic rings. The van der Waals surface area contributed by atoms with E-state index in [1.54, 1.807) is 11.3 Å². The first-order valence-electron chi connectivity index (χ1n) is 8.66. The number of aromatic amines is 1. The number of nitrogens with zero attached hydrogens (tertiary/aromatic N) is 3. The summed E-state index contributed by atoms with van der Waals surface area (Å²) in [5.74, 6) is 0.531. The third kappa shape index (κ3) is 2.99. The van der Waals surface area contributed by atoms with E-state index < -0.39 is 0 Å². The van der Waals surface area contributed by atoms with Crippen molar-refractivity contribution in [1.82, 2.24) is 20.1 Å². The molecule has 1 aliphatic rings. The highest BCUT2D eigenvalue weighted by atomic mass is 32.1. The average Bonchev–Trinajstić information content (AvgIpc) is 3.18. The van der Waals surface area contributed by atoms with Crippen LogP contribution < -0.4 is 0 Å². The van der Waals surface area contributed by atoms with E-state index in [-0.39, 0.29) is 17.9 Å². The fourth-order valence-corrected chi connectivity index (χ4v) is 4.56. The smallest absolute Gasteiger partial charge is 0.230 e. The number of likely N-dealkylation sites (N-methyl/N-ethyl adjacent to an activating group) is 1. The van der Waals surface area contributed by atoms with Crippen LogP contribution in [-0.4, -0.2) is 33.0 Å². The summed E-state index contributed by atoms with van der Waals surface area (Å²) in [5, 5.41) is 8.31. The molecule has 0 saturated heterocycles. The zero-order valence-electron chi connectivity index (χ0n) is 15.1. The van der Waals surface area contributed by atoms with Crippen LogP contribution in [0, 0.1) is 6.92 Å². The second-order valence-corrected chi connectivity index (χ2v) is 8.09. The van der Waals surface area contributed by atoms with E-state index in [9.17, 15) is 4.79 Å². The summed E-state index contributed by atoms with van der Waals surface area (Å²) in [4.78, 5) is 20.9. The van der Waals surface area contributed by atoms with Crippen LogP contribution in [0.4, 0.5) is 0 Å². The summed E-state index contributed by atoms with van der Waals surface area (Å²) >= 11 is 1.73. The minimum absolute atomic E-state index is 0.0415. The van der Waals surface area contributed by atoms with E-state index in [2.05, 4.69) is 36.0 Å². The highest BCUT2D eigenvalue weighted by molar-refractivity contribution is 7.11. The van der Waals surface area contributed by atoms with Crippen LogP contribution in [0.1, 0.15) is 78.3 Å². The Morgan fingerprint density at radius 1 is 1.42 bits per heavy atom. The molecule has 2 atom stereocenters. The van der Waals surface area contributed by atoms with Crippen LogP contribution in [0.15, 0.2) is 6.20 Å². The van der Waals surface area contributed by atoms with Gasteiger partial charge in [-0.2, -0.15) is 5.10 Å². The van der Waals surface area contributed by atoms with E-state index in [4.69, 9.17) is 0 Å². The number of amides is 1. The third-order valence-corrected chi connectivity index (χ3v) is 6.62. The van der Waals surface area contributed by atoms with Crippen molar-refractivity contribution in [2.75, 3.05) is 7.05 Å². The lowest BCUT2D eigenvalue weighted by Crippen LogP contribution is -2.35. The summed E-state index contributed by atoms with van der Waals surface area (Å²) in [6, 6.07) is 0.0415. The SMILES string of the molecule is Cc1nc(C(C)C)sc1[C@H](C)N(C)C(=O)[C@@H]1CCCc2[nH]ncc21. The summed E-state index contributed by atoms with van der Waals surface area (Å²) < 4.78 is 0. The van der Waals surface area contributed by atoms with Crippen LogP contribution in [0.2, 0.25) is 0 Å². The second-order valence-electron chi connectivity index (χ2n) is 7.03. The van der Waals surface area contributed by atoms with Gasteiger partial charge in [0.05, 0.1) is 28.9 Å². The van der Waals surface area contributed by atoms with E-state index in [0.717, 1.165) is 41.2 Å². The maximum Gasteiger partial charge on any atom is 0.230 e. The van der Waals surface area contributed by atoms with E-state index in [1.807, 2.05) is 25.1 Å². The molecule has 0 fully saturated rings. The van der Waals surface area contributed by atoms with Gasteiger partial charge in [-0.25, -0.2) is 4.98 Å². The Morgan fingerprint density at radius 3 is 2.83 bits per heavy atom. The zero-order valence-corrected chi connectivity index (χ0v) is 15.9. The lowest BCUT2D eigenvalue weighted by atomic mass is 9.86. The maximum atomic E-state index is 13.1. The number of aromatic nitrogens is 3. The maximum absolute atomic E-state index is 13.1. The van der Waals surface area contributed by atoms with Gasteiger partial charge in [-0.15, -0.1) is 11.3 Å². The molecule has 3 rings (SSSR count). The molecule has 0 radical (unpaired) electrons. The van der Waals surface area contributed by atoms with Crippen LogP contribution >= 0.6 is 11.3 Å². The normalized spacial score (nSPS) is 18.5. The Bertz CT molecular complexity index is 733. The molecule has 130 valence electrons. The lowest BCUT2D eigenvalue weighted by Gasteiger charge is -2.30. The standard InChI is InChI=1S/C18H26N4OS/c1-10(2)17-20-11(3)16(24-17)12(4)22(5)18(23)13-7-6-8-15-14(13)9-19-21-15/h9-10,12-13H,6-8H2,1-5H3,(H,19,21)/t12-,13+/m0/s1. The zero-order chi connectivity index (χ0) is 17.4. The summed E-state index contributed by atoms with van der Waals surface area (Å²) in [6.45, 7) is 8.46. The number of carbonyl (C=O) groups excluding carboxylic acids is 1. The molecule has 5 nitrogen and oxygen atoms in total. The molecule has 0 aromatic carbocycles. The average molecular weight is 347 g/mol. The highest BCUT2D eigenvalue weighted by Gasteiger charge is 2.32. The number of H-pyrrole nitrogens is 1. The van der Waals surface area contributed by atoms with Crippen molar-refractivity contribution in [3.63, 3.8) is 0 Å². The van der Waals surface area contributed by atoms with Crippen LogP contribution in [0.3, 0.4) is 0 Å². The van der Waals surface area contributed by atoms with Gasteiger partial charge in [0.1, 0.15) is 0 Å². The molecule has 1 aliphatic carbocycles. The first-order chi connectivity index (χ1) is 11.4. The minimum Gasteiger partial charge on any atom is -0.338 e. The van der Waals surface area contributed by atoms with Gasteiger partial charge in [-0.1, -0.05) is 13.8 Å². The largest absolute Gasteiger partial charge is 0.338 e. The Labute approximate surface area is 147 Å². The molecule has 0 aliphatic heterocycles. The molecule has 2 heterocycles. The third-order valence-electron chi connectivity index (χ3n) is 5.00. The van der Waals surface area contributed by atoms with Crippen LogP contribution in [0.5, 0.6) is 0 Å². The monoisotopic (exact) mass is 346 g/mol. The van der Waals surface area contributed by atoms with E-state index in [1.165, 1.54) is 4.88 Å². The van der Waals surface area contributed by atoms with Crippen molar-refractivity contribution in [2.45, 2.75) is 64.8 Å². The van der Waals surface area contributed by atoms with Gasteiger partial charge in [0.25, 0.3) is 0 Å². The molecule has 0 bridgehead atoms. The number of thiazole rings is 1. The topological polar surface area (TPSA) is 61.9 Å². The molecule has 0 saturated carbocycles.